The Hall–Kier alpha value is -3.35. The summed E-state index contributed by atoms with van der Waals surface area (Å²) in [5, 5.41) is 4.72. The fourth-order valence-corrected chi connectivity index (χ4v) is 2.99. The van der Waals surface area contributed by atoms with E-state index in [-0.39, 0.29) is 12.1 Å². The Balaban J connectivity index is 2.16. The summed E-state index contributed by atoms with van der Waals surface area (Å²) in [6.07, 6.45) is -0.602. The zero-order valence-corrected chi connectivity index (χ0v) is 16.2. The Kier molecular flexibility index (Phi) is 5.09. The van der Waals surface area contributed by atoms with Crippen LogP contribution >= 0.6 is 0 Å². The van der Waals surface area contributed by atoms with Crippen molar-refractivity contribution >= 4 is 39.4 Å². The normalized spacial score (nSPS) is 11.4. The molecule has 146 valence electrons. The molecule has 7 heteroatoms. The Labute approximate surface area is 161 Å². The fourth-order valence-electron chi connectivity index (χ4n) is 2.99. The summed E-state index contributed by atoms with van der Waals surface area (Å²) < 4.78 is 11.3. The molecule has 0 aliphatic carbocycles. The molecule has 1 aromatic heterocycles. The molecule has 0 bridgehead atoms. The Bertz CT molecular complexity index is 1130. The number of hydrogen-bond donors (Lipinski definition) is 1. The van der Waals surface area contributed by atoms with Crippen molar-refractivity contribution in [2.45, 2.75) is 32.9 Å². The lowest BCUT2D eigenvalue weighted by molar-refractivity contribution is -0.141. The number of methoxy groups -OCH3 is 1. The van der Waals surface area contributed by atoms with Crippen molar-refractivity contribution in [2.24, 2.45) is 0 Å². The number of hydrogen-bond acceptors (Lipinski definition) is 5. The second kappa shape index (κ2) is 7.34. The maximum absolute atomic E-state index is 13.0. The monoisotopic (exact) mass is 382 g/mol. The van der Waals surface area contributed by atoms with E-state index in [2.05, 4.69) is 5.32 Å². The summed E-state index contributed by atoms with van der Waals surface area (Å²) in [6, 6.07) is 12.4. The van der Waals surface area contributed by atoms with Gasteiger partial charge in [0.15, 0.2) is 0 Å². The molecule has 0 aliphatic rings. The molecule has 1 heterocycles. The molecule has 0 aliphatic heterocycles. The number of aromatic nitrogens is 1. The van der Waals surface area contributed by atoms with E-state index in [0.717, 1.165) is 10.8 Å². The molecule has 0 saturated carbocycles. The number of amides is 1. The van der Waals surface area contributed by atoms with Gasteiger partial charge in [-0.05, 0) is 44.4 Å². The Morgan fingerprint density at radius 1 is 1.04 bits per heavy atom. The molecule has 2 aromatic carbocycles. The molecular formula is C21H22N2O5. The van der Waals surface area contributed by atoms with Crippen LogP contribution in [-0.2, 0) is 20.8 Å². The number of benzene rings is 2. The molecule has 0 saturated heterocycles. The zero-order valence-electron chi connectivity index (χ0n) is 16.2. The number of carbonyl (C=O) groups is 2. The van der Waals surface area contributed by atoms with E-state index in [0.29, 0.717) is 16.6 Å². The number of pyridine rings is 1. The second-order valence-electron chi connectivity index (χ2n) is 7.37. The van der Waals surface area contributed by atoms with Gasteiger partial charge in [0, 0.05) is 16.5 Å². The SMILES string of the molecule is COC(=O)Cn1c(=O)c2ccccc2c2ccc(NC(=O)OC(C)(C)C)cc21. The highest BCUT2D eigenvalue weighted by Crippen LogP contribution is 2.26. The molecule has 3 aromatic rings. The molecular weight excluding hydrogens is 360 g/mol. The van der Waals surface area contributed by atoms with Gasteiger partial charge in [-0.3, -0.25) is 19.5 Å². The topological polar surface area (TPSA) is 86.6 Å². The van der Waals surface area contributed by atoms with Crippen molar-refractivity contribution in [3.05, 3.63) is 52.8 Å². The van der Waals surface area contributed by atoms with Crippen molar-refractivity contribution in [1.82, 2.24) is 4.57 Å². The lowest BCUT2D eigenvalue weighted by Crippen LogP contribution is -2.27. The van der Waals surface area contributed by atoms with E-state index < -0.39 is 17.7 Å². The first-order valence-corrected chi connectivity index (χ1v) is 8.82. The number of fused-ring (bicyclic) bond motifs is 3. The van der Waals surface area contributed by atoms with Crippen LogP contribution in [0.3, 0.4) is 0 Å². The molecule has 0 radical (unpaired) electrons. The number of anilines is 1. The highest BCUT2D eigenvalue weighted by molar-refractivity contribution is 6.07. The summed E-state index contributed by atoms with van der Waals surface area (Å²) in [7, 11) is 1.27. The maximum atomic E-state index is 13.0. The smallest absolute Gasteiger partial charge is 0.412 e. The summed E-state index contributed by atoms with van der Waals surface area (Å²) in [4.78, 5) is 36.9. The number of carbonyl (C=O) groups excluding carboxylic acids is 2. The third-order valence-corrected chi connectivity index (χ3v) is 4.14. The molecule has 0 unspecified atom stereocenters. The first-order chi connectivity index (χ1) is 13.2. The molecule has 28 heavy (non-hydrogen) atoms. The van der Waals surface area contributed by atoms with Gasteiger partial charge in [0.25, 0.3) is 5.56 Å². The van der Waals surface area contributed by atoms with Crippen LogP contribution in [0.1, 0.15) is 20.8 Å². The highest BCUT2D eigenvalue weighted by atomic mass is 16.6. The zero-order chi connectivity index (χ0) is 20.5. The van der Waals surface area contributed by atoms with Gasteiger partial charge in [-0.25, -0.2) is 4.79 Å². The standard InChI is InChI=1S/C21H22N2O5/c1-21(2,3)28-20(26)22-13-9-10-15-14-7-5-6-8-16(14)19(25)23(17(15)11-13)12-18(24)27-4/h5-11H,12H2,1-4H3,(H,22,26). The van der Waals surface area contributed by atoms with Crippen molar-refractivity contribution in [1.29, 1.82) is 0 Å². The van der Waals surface area contributed by atoms with Crippen LogP contribution < -0.4 is 10.9 Å². The Morgan fingerprint density at radius 2 is 1.71 bits per heavy atom. The van der Waals surface area contributed by atoms with Gasteiger partial charge in [-0.1, -0.05) is 24.3 Å². The van der Waals surface area contributed by atoms with E-state index in [1.807, 2.05) is 12.1 Å². The van der Waals surface area contributed by atoms with Gasteiger partial charge >= 0.3 is 12.1 Å². The van der Waals surface area contributed by atoms with Crippen molar-refractivity contribution in [3.63, 3.8) is 0 Å². The average Bonchev–Trinajstić information content (AvgIpc) is 2.63. The van der Waals surface area contributed by atoms with Crippen LogP contribution in [0.4, 0.5) is 10.5 Å². The van der Waals surface area contributed by atoms with E-state index in [4.69, 9.17) is 9.47 Å². The van der Waals surface area contributed by atoms with Gasteiger partial charge in [0.05, 0.1) is 12.6 Å². The molecule has 3 rings (SSSR count). The first-order valence-electron chi connectivity index (χ1n) is 8.82. The number of ether oxygens (including phenoxy) is 2. The van der Waals surface area contributed by atoms with Crippen molar-refractivity contribution in [2.75, 3.05) is 12.4 Å². The highest BCUT2D eigenvalue weighted by Gasteiger charge is 2.18. The van der Waals surface area contributed by atoms with Gasteiger partial charge in [0.1, 0.15) is 12.1 Å². The largest absolute Gasteiger partial charge is 0.468 e. The van der Waals surface area contributed by atoms with Crippen molar-refractivity contribution < 1.29 is 19.1 Å². The minimum absolute atomic E-state index is 0.230. The minimum atomic E-state index is -0.635. The fraction of sp³-hybridized carbons (Fsp3) is 0.286. The molecule has 0 fully saturated rings. The molecule has 0 atom stereocenters. The quantitative estimate of drug-likeness (QED) is 0.552. The first kappa shape index (κ1) is 19.4. The van der Waals surface area contributed by atoms with Crippen LogP contribution in [0.2, 0.25) is 0 Å². The number of rotatable bonds is 3. The lowest BCUT2D eigenvalue weighted by Gasteiger charge is -2.20. The van der Waals surface area contributed by atoms with Gasteiger partial charge in [0.2, 0.25) is 0 Å². The predicted molar refractivity (Wildman–Crippen MR) is 108 cm³/mol. The molecule has 7 nitrogen and oxygen atoms in total. The Morgan fingerprint density at radius 3 is 2.36 bits per heavy atom. The molecule has 1 amide bonds. The third-order valence-electron chi connectivity index (χ3n) is 4.14. The number of nitrogens with one attached hydrogen (secondary N) is 1. The summed E-state index contributed by atoms with van der Waals surface area (Å²) >= 11 is 0. The van der Waals surface area contributed by atoms with Crippen LogP contribution in [0.15, 0.2) is 47.3 Å². The summed E-state index contributed by atoms with van der Waals surface area (Å²) in [5.74, 6) is -0.538. The third kappa shape index (κ3) is 3.98. The minimum Gasteiger partial charge on any atom is -0.468 e. The van der Waals surface area contributed by atoms with Crippen LogP contribution in [0.5, 0.6) is 0 Å². The molecule has 0 spiro atoms. The van der Waals surface area contributed by atoms with Gasteiger partial charge < -0.3 is 9.47 Å². The second-order valence-corrected chi connectivity index (χ2v) is 7.37. The number of nitrogens with zero attached hydrogens (tertiary/aromatic N) is 1. The van der Waals surface area contributed by atoms with E-state index in [9.17, 15) is 14.4 Å². The summed E-state index contributed by atoms with van der Waals surface area (Å²) in [6.45, 7) is 5.08. The van der Waals surface area contributed by atoms with E-state index in [1.165, 1.54) is 11.7 Å². The maximum Gasteiger partial charge on any atom is 0.412 e. The number of esters is 1. The predicted octanol–water partition coefficient (Wildman–Crippen LogP) is 3.67. The van der Waals surface area contributed by atoms with Gasteiger partial charge in [-0.2, -0.15) is 0 Å². The van der Waals surface area contributed by atoms with Gasteiger partial charge in [-0.15, -0.1) is 0 Å². The van der Waals surface area contributed by atoms with Crippen molar-refractivity contribution in [3.8, 4) is 0 Å². The van der Waals surface area contributed by atoms with E-state index in [1.54, 1.807) is 51.1 Å². The molecule has 1 N–H and O–H groups in total. The van der Waals surface area contributed by atoms with Crippen LogP contribution in [0, 0.1) is 0 Å². The lowest BCUT2D eigenvalue weighted by atomic mass is 10.1. The van der Waals surface area contributed by atoms with Crippen LogP contribution in [-0.4, -0.2) is 29.3 Å². The van der Waals surface area contributed by atoms with E-state index >= 15 is 0 Å². The van der Waals surface area contributed by atoms with Crippen LogP contribution in [0.25, 0.3) is 21.7 Å². The summed E-state index contributed by atoms with van der Waals surface area (Å²) in [5.41, 5.74) is 0.0324. The average molecular weight is 382 g/mol.